The topological polar surface area (TPSA) is 91.6 Å². The number of rotatable bonds is 6. The van der Waals surface area contributed by atoms with Crippen LogP contribution in [0, 0.1) is 10.1 Å². The molecule has 8 nitrogen and oxygen atoms in total. The Morgan fingerprint density at radius 2 is 1.58 bits per heavy atom. The minimum absolute atomic E-state index is 0.00818. The summed E-state index contributed by atoms with van der Waals surface area (Å²) in [5.41, 5.74) is 1.86. The third-order valence-electron chi connectivity index (χ3n) is 5.22. The zero-order valence-corrected chi connectivity index (χ0v) is 17.0. The van der Waals surface area contributed by atoms with Gasteiger partial charge in [-0.05, 0) is 18.2 Å². The molecule has 158 valence electrons. The number of hydrogen-bond donors (Lipinski definition) is 1. The number of pyridine rings is 1. The van der Waals surface area contributed by atoms with Crippen molar-refractivity contribution in [2.24, 2.45) is 0 Å². The van der Waals surface area contributed by atoms with Gasteiger partial charge in [-0.15, -0.1) is 0 Å². The van der Waals surface area contributed by atoms with Crippen LogP contribution in [-0.2, 0) is 4.79 Å². The molecule has 3 aromatic rings. The molecule has 1 aliphatic rings. The fraction of sp³-hybridized carbons (Fsp3) is 0.217. The number of anilines is 2. The van der Waals surface area contributed by atoms with Gasteiger partial charge in [-0.25, -0.2) is 4.98 Å². The Balaban J connectivity index is 1.40. The number of piperazine rings is 1. The maximum absolute atomic E-state index is 12.3. The van der Waals surface area contributed by atoms with E-state index in [1.165, 1.54) is 6.07 Å². The maximum atomic E-state index is 12.3. The van der Waals surface area contributed by atoms with Gasteiger partial charge < -0.3 is 10.2 Å². The smallest absolute Gasteiger partial charge is 0.295 e. The molecule has 0 bridgehead atoms. The Bertz CT molecular complexity index is 1050. The number of benzene rings is 2. The molecule has 2 aromatic carbocycles. The van der Waals surface area contributed by atoms with Crippen molar-refractivity contribution in [2.45, 2.75) is 0 Å². The van der Waals surface area contributed by atoms with Crippen LogP contribution in [0.15, 0.2) is 72.8 Å². The molecule has 1 aromatic heterocycles. The number of nitrogens with one attached hydrogen (secondary N) is 1. The molecule has 0 saturated carbocycles. The number of hydrogen-bond acceptors (Lipinski definition) is 6. The van der Waals surface area contributed by atoms with Gasteiger partial charge in [-0.3, -0.25) is 19.8 Å². The molecule has 0 atom stereocenters. The summed E-state index contributed by atoms with van der Waals surface area (Å²) in [5, 5.41) is 14.4. The van der Waals surface area contributed by atoms with E-state index in [4.69, 9.17) is 0 Å². The van der Waals surface area contributed by atoms with Crippen LogP contribution in [0.1, 0.15) is 0 Å². The first-order valence-electron chi connectivity index (χ1n) is 10.1. The Kier molecular flexibility index (Phi) is 6.18. The Morgan fingerprint density at radius 3 is 2.23 bits per heavy atom. The molecule has 1 N–H and O–H groups in total. The lowest BCUT2D eigenvalue weighted by atomic mass is 10.1. The lowest BCUT2D eigenvalue weighted by Gasteiger charge is -2.35. The summed E-state index contributed by atoms with van der Waals surface area (Å²) in [7, 11) is 0. The molecule has 0 spiro atoms. The monoisotopic (exact) mass is 417 g/mol. The summed E-state index contributed by atoms with van der Waals surface area (Å²) in [5.74, 6) is 0.664. The van der Waals surface area contributed by atoms with Crippen molar-refractivity contribution >= 4 is 23.1 Å². The second kappa shape index (κ2) is 9.36. The Morgan fingerprint density at radius 1 is 0.935 bits per heavy atom. The number of aromatic nitrogens is 1. The summed E-state index contributed by atoms with van der Waals surface area (Å²) >= 11 is 0. The second-order valence-electron chi connectivity index (χ2n) is 7.34. The molecule has 0 radical (unpaired) electrons. The third-order valence-corrected chi connectivity index (χ3v) is 5.22. The molecular weight excluding hydrogens is 394 g/mol. The summed E-state index contributed by atoms with van der Waals surface area (Å²) in [4.78, 5) is 32.2. The molecule has 0 aliphatic carbocycles. The Labute approximate surface area is 180 Å². The highest BCUT2D eigenvalue weighted by molar-refractivity contribution is 5.92. The predicted molar refractivity (Wildman–Crippen MR) is 120 cm³/mol. The summed E-state index contributed by atoms with van der Waals surface area (Å²) in [6.45, 7) is 3.13. The zero-order valence-electron chi connectivity index (χ0n) is 17.0. The normalized spacial score (nSPS) is 14.3. The van der Waals surface area contributed by atoms with Crippen LogP contribution in [0.2, 0.25) is 0 Å². The number of para-hydroxylation sites is 1. The molecule has 8 heteroatoms. The van der Waals surface area contributed by atoms with Gasteiger partial charge in [0.15, 0.2) is 5.69 Å². The van der Waals surface area contributed by atoms with Crippen LogP contribution in [-0.4, -0.2) is 53.4 Å². The van der Waals surface area contributed by atoms with Crippen molar-refractivity contribution < 1.29 is 9.72 Å². The summed E-state index contributed by atoms with van der Waals surface area (Å²) < 4.78 is 0. The average molecular weight is 417 g/mol. The molecule has 31 heavy (non-hydrogen) atoms. The molecule has 4 rings (SSSR count). The minimum atomic E-state index is -0.400. The SMILES string of the molecule is O=C(CN1CCN(c2ccc([N+](=O)[O-])c(-c3ccccc3)n2)CC1)Nc1ccccc1. The average Bonchev–Trinajstić information content (AvgIpc) is 2.80. The molecule has 2 heterocycles. The van der Waals surface area contributed by atoms with Crippen molar-refractivity contribution in [1.82, 2.24) is 9.88 Å². The first-order chi connectivity index (χ1) is 15.1. The molecule has 0 unspecified atom stereocenters. The largest absolute Gasteiger partial charge is 0.354 e. The highest BCUT2D eigenvalue weighted by Crippen LogP contribution is 2.30. The van der Waals surface area contributed by atoms with Gasteiger partial charge in [0.25, 0.3) is 5.69 Å². The number of carbonyl (C=O) groups is 1. The van der Waals surface area contributed by atoms with Crippen molar-refractivity contribution in [1.29, 1.82) is 0 Å². The van der Waals surface area contributed by atoms with E-state index in [1.54, 1.807) is 6.07 Å². The van der Waals surface area contributed by atoms with Crippen LogP contribution in [0.4, 0.5) is 17.2 Å². The van der Waals surface area contributed by atoms with E-state index in [0.717, 1.165) is 5.69 Å². The van der Waals surface area contributed by atoms with Gasteiger partial charge in [-0.1, -0.05) is 48.5 Å². The van der Waals surface area contributed by atoms with E-state index >= 15 is 0 Å². The van der Waals surface area contributed by atoms with E-state index < -0.39 is 4.92 Å². The number of carbonyl (C=O) groups excluding carboxylic acids is 1. The molecule has 1 aliphatic heterocycles. The molecule has 1 saturated heterocycles. The van der Waals surface area contributed by atoms with Crippen LogP contribution < -0.4 is 10.2 Å². The van der Waals surface area contributed by atoms with E-state index in [2.05, 4.69) is 20.1 Å². The van der Waals surface area contributed by atoms with Crippen LogP contribution in [0.5, 0.6) is 0 Å². The van der Waals surface area contributed by atoms with Gasteiger partial charge in [0, 0.05) is 43.5 Å². The van der Waals surface area contributed by atoms with Gasteiger partial charge >= 0.3 is 0 Å². The van der Waals surface area contributed by atoms with E-state index in [0.29, 0.717) is 49.8 Å². The van der Waals surface area contributed by atoms with Gasteiger partial charge in [-0.2, -0.15) is 0 Å². The van der Waals surface area contributed by atoms with Crippen LogP contribution >= 0.6 is 0 Å². The third kappa shape index (κ3) is 5.04. The Hall–Kier alpha value is -3.78. The van der Waals surface area contributed by atoms with Crippen molar-refractivity contribution in [3.63, 3.8) is 0 Å². The van der Waals surface area contributed by atoms with Crippen molar-refractivity contribution in [3.8, 4) is 11.3 Å². The minimum Gasteiger partial charge on any atom is -0.354 e. The maximum Gasteiger partial charge on any atom is 0.295 e. The second-order valence-corrected chi connectivity index (χ2v) is 7.34. The van der Waals surface area contributed by atoms with Crippen molar-refractivity contribution in [3.05, 3.63) is 82.9 Å². The number of amides is 1. The van der Waals surface area contributed by atoms with Crippen LogP contribution in [0.3, 0.4) is 0 Å². The van der Waals surface area contributed by atoms with E-state index in [9.17, 15) is 14.9 Å². The van der Waals surface area contributed by atoms with Gasteiger partial charge in [0.2, 0.25) is 5.91 Å². The molecule has 1 amide bonds. The quantitative estimate of drug-likeness (QED) is 0.488. The molecular formula is C23H23N5O3. The molecule has 1 fully saturated rings. The summed E-state index contributed by atoms with van der Waals surface area (Å²) in [6.07, 6.45) is 0. The number of nitro groups is 1. The lowest BCUT2D eigenvalue weighted by Crippen LogP contribution is -2.49. The first kappa shape index (κ1) is 20.5. The lowest BCUT2D eigenvalue weighted by molar-refractivity contribution is -0.384. The summed E-state index contributed by atoms with van der Waals surface area (Å²) in [6, 6.07) is 21.8. The first-order valence-corrected chi connectivity index (χ1v) is 10.1. The fourth-order valence-electron chi connectivity index (χ4n) is 3.63. The van der Waals surface area contributed by atoms with E-state index in [1.807, 2.05) is 60.7 Å². The van der Waals surface area contributed by atoms with Crippen molar-refractivity contribution in [2.75, 3.05) is 42.9 Å². The van der Waals surface area contributed by atoms with Gasteiger partial charge in [0.05, 0.1) is 11.5 Å². The predicted octanol–water partition coefficient (Wildman–Crippen LogP) is 3.42. The highest BCUT2D eigenvalue weighted by atomic mass is 16.6. The van der Waals surface area contributed by atoms with E-state index in [-0.39, 0.29) is 11.6 Å². The zero-order chi connectivity index (χ0) is 21.6. The van der Waals surface area contributed by atoms with Gasteiger partial charge in [0.1, 0.15) is 5.82 Å². The van der Waals surface area contributed by atoms with Crippen LogP contribution in [0.25, 0.3) is 11.3 Å². The standard InChI is InChI=1S/C23H23N5O3/c29-22(24-19-9-5-2-6-10-19)17-26-13-15-27(16-14-26)21-12-11-20(28(30)31)23(25-21)18-7-3-1-4-8-18/h1-12H,13-17H2,(H,24,29). The fourth-order valence-corrected chi connectivity index (χ4v) is 3.63. The highest BCUT2D eigenvalue weighted by Gasteiger charge is 2.23. The number of nitrogens with zero attached hydrogens (tertiary/aromatic N) is 4.